The van der Waals surface area contributed by atoms with Crippen LogP contribution < -0.4 is 15.6 Å². The van der Waals surface area contributed by atoms with Gasteiger partial charge in [-0.3, -0.25) is 9.59 Å². The fraction of sp³-hybridized carbons (Fsp3) is 0.150. The van der Waals surface area contributed by atoms with E-state index in [1.165, 1.54) is 19.2 Å². The van der Waals surface area contributed by atoms with Crippen molar-refractivity contribution in [2.45, 2.75) is 12.7 Å². The van der Waals surface area contributed by atoms with Crippen LogP contribution in [0.3, 0.4) is 0 Å². The van der Waals surface area contributed by atoms with Gasteiger partial charge < -0.3 is 10.1 Å². The normalized spacial score (nSPS) is 11.2. The minimum Gasteiger partial charge on any atom is -0.495 e. The zero-order chi connectivity index (χ0) is 21.9. The summed E-state index contributed by atoms with van der Waals surface area (Å²) in [4.78, 5) is 24.5. The molecule has 0 atom stereocenters. The van der Waals surface area contributed by atoms with Gasteiger partial charge >= 0.3 is 6.18 Å². The predicted molar refractivity (Wildman–Crippen MR) is 108 cm³/mol. The smallest absolute Gasteiger partial charge is 0.416 e. The van der Waals surface area contributed by atoms with Crippen LogP contribution >= 0.6 is 15.9 Å². The number of carbonyl (C=O) groups is 1. The Hall–Kier alpha value is -3.14. The molecule has 0 unspecified atom stereocenters. The van der Waals surface area contributed by atoms with E-state index in [1.54, 1.807) is 18.2 Å². The van der Waals surface area contributed by atoms with Crippen molar-refractivity contribution in [1.29, 1.82) is 0 Å². The minimum absolute atomic E-state index is 0.0551. The number of alkyl halides is 3. The largest absolute Gasteiger partial charge is 0.495 e. The van der Waals surface area contributed by atoms with Crippen LogP contribution in [0.5, 0.6) is 5.75 Å². The number of nitrogens with zero attached hydrogens (tertiary/aromatic N) is 2. The van der Waals surface area contributed by atoms with Gasteiger partial charge in [0.1, 0.15) is 12.3 Å². The molecule has 1 amide bonds. The van der Waals surface area contributed by atoms with Crippen molar-refractivity contribution < 1.29 is 22.7 Å². The molecule has 3 aromatic rings. The molecular formula is C20H15BrF3N3O3. The van der Waals surface area contributed by atoms with Crippen molar-refractivity contribution in [2.75, 3.05) is 12.4 Å². The first-order valence-corrected chi connectivity index (χ1v) is 9.36. The van der Waals surface area contributed by atoms with Crippen molar-refractivity contribution in [3.8, 4) is 17.0 Å². The first kappa shape index (κ1) is 21.6. The molecule has 0 fully saturated rings. The van der Waals surface area contributed by atoms with Gasteiger partial charge in [0, 0.05) is 16.1 Å². The van der Waals surface area contributed by atoms with Crippen molar-refractivity contribution in [1.82, 2.24) is 9.78 Å². The van der Waals surface area contributed by atoms with Crippen molar-refractivity contribution in [3.05, 3.63) is 75.0 Å². The average Bonchev–Trinajstić information content (AvgIpc) is 2.69. The molecule has 0 radical (unpaired) electrons. The van der Waals surface area contributed by atoms with E-state index >= 15 is 0 Å². The number of hydrogen-bond donors (Lipinski definition) is 1. The van der Waals surface area contributed by atoms with E-state index in [1.807, 2.05) is 6.07 Å². The first-order chi connectivity index (χ1) is 14.2. The maximum absolute atomic E-state index is 13.0. The number of halogens is 4. The molecule has 3 rings (SSSR count). The van der Waals surface area contributed by atoms with Crippen LogP contribution in [-0.2, 0) is 17.5 Å². The van der Waals surface area contributed by atoms with Gasteiger partial charge in [0.15, 0.2) is 0 Å². The van der Waals surface area contributed by atoms with E-state index in [0.29, 0.717) is 5.69 Å². The summed E-state index contributed by atoms with van der Waals surface area (Å²) in [6, 6.07) is 12.7. The van der Waals surface area contributed by atoms with Gasteiger partial charge in [0.2, 0.25) is 5.91 Å². The fourth-order valence-corrected chi connectivity index (χ4v) is 3.07. The second-order valence-corrected chi connectivity index (χ2v) is 7.10. The molecule has 0 aliphatic carbocycles. The Morgan fingerprint density at radius 1 is 1.17 bits per heavy atom. The topological polar surface area (TPSA) is 73.2 Å². The Morgan fingerprint density at radius 3 is 2.60 bits per heavy atom. The number of amides is 1. The molecule has 0 saturated heterocycles. The third kappa shape index (κ3) is 5.07. The SMILES string of the molecule is COc1ccc(C(F)(F)F)cc1NC(=O)Cn1nc(-c2cccc(Br)c2)ccc1=O. The number of benzene rings is 2. The third-order valence-corrected chi connectivity index (χ3v) is 4.57. The quantitative estimate of drug-likeness (QED) is 0.588. The van der Waals surface area contributed by atoms with E-state index in [2.05, 4.69) is 26.3 Å². The van der Waals surface area contributed by atoms with E-state index in [9.17, 15) is 22.8 Å². The molecule has 0 aliphatic rings. The lowest BCUT2D eigenvalue weighted by atomic mass is 10.1. The van der Waals surface area contributed by atoms with Gasteiger partial charge in [-0.15, -0.1) is 0 Å². The molecule has 30 heavy (non-hydrogen) atoms. The van der Waals surface area contributed by atoms with Gasteiger partial charge in [-0.25, -0.2) is 4.68 Å². The highest BCUT2D eigenvalue weighted by atomic mass is 79.9. The molecule has 1 aromatic heterocycles. The second-order valence-electron chi connectivity index (χ2n) is 6.19. The van der Waals surface area contributed by atoms with Gasteiger partial charge in [0.05, 0.1) is 24.1 Å². The summed E-state index contributed by atoms with van der Waals surface area (Å²) in [5, 5.41) is 6.52. The lowest BCUT2D eigenvalue weighted by Gasteiger charge is -2.14. The van der Waals surface area contributed by atoms with Crippen LogP contribution in [0.25, 0.3) is 11.3 Å². The van der Waals surface area contributed by atoms with Crippen LogP contribution in [0.2, 0.25) is 0 Å². The van der Waals surface area contributed by atoms with Crippen LogP contribution in [0.4, 0.5) is 18.9 Å². The molecular weight excluding hydrogens is 467 g/mol. The Kier molecular flexibility index (Phi) is 6.25. The summed E-state index contributed by atoms with van der Waals surface area (Å²) in [5.74, 6) is -0.673. The van der Waals surface area contributed by atoms with E-state index in [4.69, 9.17) is 4.74 Å². The average molecular weight is 482 g/mol. The third-order valence-electron chi connectivity index (χ3n) is 4.08. The van der Waals surface area contributed by atoms with E-state index < -0.39 is 29.8 Å². The maximum Gasteiger partial charge on any atom is 0.416 e. The van der Waals surface area contributed by atoms with Crippen LogP contribution in [0.1, 0.15) is 5.56 Å². The highest BCUT2D eigenvalue weighted by molar-refractivity contribution is 9.10. The molecule has 10 heteroatoms. The lowest BCUT2D eigenvalue weighted by molar-refractivity contribution is -0.137. The summed E-state index contributed by atoms with van der Waals surface area (Å²) in [5.41, 5.74) is -0.447. The Morgan fingerprint density at radius 2 is 1.93 bits per heavy atom. The highest BCUT2D eigenvalue weighted by Gasteiger charge is 2.31. The summed E-state index contributed by atoms with van der Waals surface area (Å²) in [7, 11) is 1.27. The van der Waals surface area contributed by atoms with E-state index in [0.717, 1.165) is 32.9 Å². The fourth-order valence-electron chi connectivity index (χ4n) is 2.67. The van der Waals surface area contributed by atoms with Crippen LogP contribution in [0, 0.1) is 0 Å². The summed E-state index contributed by atoms with van der Waals surface area (Å²) >= 11 is 3.35. The maximum atomic E-state index is 13.0. The molecule has 0 saturated carbocycles. The molecule has 156 valence electrons. The van der Waals surface area contributed by atoms with Crippen LogP contribution in [-0.4, -0.2) is 22.8 Å². The van der Waals surface area contributed by atoms with Gasteiger partial charge in [-0.1, -0.05) is 28.1 Å². The molecule has 0 spiro atoms. The van der Waals surface area contributed by atoms with Crippen LogP contribution in [0.15, 0.2) is 63.9 Å². The Balaban J connectivity index is 1.85. The lowest BCUT2D eigenvalue weighted by Crippen LogP contribution is -2.29. The Bertz CT molecular complexity index is 1150. The zero-order valence-electron chi connectivity index (χ0n) is 15.5. The molecule has 0 aliphatic heterocycles. The minimum atomic E-state index is -4.58. The number of carbonyl (C=O) groups excluding carboxylic acids is 1. The van der Waals surface area contributed by atoms with Gasteiger partial charge in [0.25, 0.3) is 5.56 Å². The molecule has 6 nitrogen and oxygen atoms in total. The molecule has 0 bridgehead atoms. The van der Waals surface area contributed by atoms with Crippen molar-refractivity contribution in [2.24, 2.45) is 0 Å². The van der Waals surface area contributed by atoms with Gasteiger partial charge in [-0.2, -0.15) is 18.3 Å². The highest BCUT2D eigenvalue weighted by Crippen LogP contribution is 2.34. The number of rotatable bonds is 5. The number of hydrogen-bond acceptors (Lipinski definition) is 4. The number of ether oxygens (including phenoxy) is 1. The molecule has 1 heterocycles. The number of aromatic nitrogens is 2. The van der Waals surface area contributed by atoms with Crippen molar-refractivity contribution >= 4 is 27.5 Å². The predicted octanol–water partition coefficient (Wildman–Crippen LogP) is 4.34. The monoisotopic (exact) mass is 481 g/mol. The summed E-state index contributed by atoms with van der Waals surface area (Å²) in [6.45, 7) is -0.486. The van der Waals surface area contributed by atoms with E-state index in [-0.39, 0.29) is 11.4 Å². The first-order valence-electron chi connectivity index (χ1n) is 8.56. The zero-order valence-corrected chi connectivity index (χ0v) is 17.1. The molecule has 2 aromatic carbocycles. The summed E-state index contributed by atoms with van der Waals surface area (Å²) < 4.78 is 45.6. The number of methoxy groups -OCH3 is 1. The van der Waals surface area contributed by atoms with Gasteiger partial charge in [-0.05, 0) is 36.4 Å². The number of anilines is 1. The number of nitrogens with one attached hydrogen (secondary N) is 1. The summed E-state index contributed by atoms with van der Waals surface area (Å²) in [6.07, 6.45) is -4.58. The van der Waals surface area contributed by atoms with Crippen molar-refractivity contribution in [3.63, 3.8) is 0 Å². The molecule has 1 N–H and O–H groups in total. The second kappa shape index (κ2) is 8.70. The standard InChI is InChI=1S/C20H15BrF3N3O3/c1-30-17-7-5-13(20(22,23)24)10-16(17)25-18(28)11-27-19(29)8-6-15(26-27)12-3-2-4-14(21)9-12/h2-10H,11H2,1H3,(H,25,28). The Labute approximate surface area is 177 Å².